The third-order valence-corrected chi connectivity index (χ3v) is 3.24. The topological polar surface area (TPSA) is 46.2 Å². The number of aliphatic hydroxyl groups excluding tert-OH is 1. The van der Waals surface area contributed by atoms with Crippen LogP contribution in [-0.4, -0.2) is 5.11 Å². The molecule has 0 amide bonds. The first kappa shape index (κ1) is 13.2. The molecule has 1 atom stereocenters. The van der Waals surface area contributed by atoms with Gasteiger partial charge in [-0.25, -0.2) is 0 Å². The normalized spacial score (nSPS) is 12.4. The molecule has 0 aromatic heterocycles. The highest BCUT2D eigenvalue weighted by atomic mass is 35.5. The smallest absolute Gasteiger partial charge is 0.0850 e. The van der Waals surface area contributed by atoms with E-state index in [0.717, 1.165) is 5.56 Å². The highest BCUT2D eigenvalue weighted by Crippen LogP contribution is 2.26. The van der Waals surface area contributed by atoms with E-state index < -0.39 is 6.10 Å². The van der Waals surface area contributed by atoms with E-state index in [-0.39, 0.29) is 0 Å². The van der Waals surface area contributed by atoms with Crippen LogP contribution in [0.1, 0.15) is 17.2 Å². The summed E-state index contributed by atoms with van der Waals surface area (Å²) in [6.07, 6.45) is -0.161. The van der Waals surface area contributed by atoms with E-state index in [9.17, 15) is 5.11 Å². The molecule has 2 aromatic carbocycles. The van der Waals surface area contributed by atoms with Gasteiger partial charge in [-0.2, -0.15) is 0 Å². The van der Waals surface area contributed by atoms with E-state index in [0.29, 0.717) is 27.7 Å². The van der Waals surface area contributed by atoms with Gasteiger partial charge in [-0.1, -0.05) is 41.4 Å². The van der Waals surface area contributed by atoms with E-state index in [1.807, 2.05) is 12.1 Å². The van der Waals surface area contributed by atoms with Gasteiger partial charge < -0.3 is 10.8 Å². The Hall–Kier alpha value is -1.22. The Balaban J connectivity index is 2.16. The van der Waals surface area contributed by atoms with Crippen LogP contribution >= 0.6 is 23.2 Å². The third-order valence-electron chi connectivity index (χ3n) is 2.75. The van der Waals surface area contributed by atoms with Crippen LogP contribution in [-0.2, 0) is 6.42 Å². The molecule has 0 bridgehead atoms. The first-order valence-electron chi connectivity index (χ1n) is 5.53. The predicted molar refractivity (Wildman–Crippen MR) is 76.0 cm³/mol. The minimum atomic E-state index is -0.650. The molecule has 0 saturated carbocycles. The van der Waals surface area contributed by atoms with Gasteiger partial charge >= 0.3 is 0 Å². The highest BCUT2D eigenvalue weighted by Gasteiger charge is 2.12. The van der Waals surface area contributed by atoms with Crippen LogP contribution in [0.2, 0.25) is 10.0 Å². The molecule has 0 aliphatic carbocycles. The second-order valence-corrected chi connectivity index (χ2v) is 4.99. The van der Waals surface area contributed by atoms with Crippen molar-refractivity contribution in [3.63, 3.8) is 0 Å². The van der Waals surface area contributed by atoms with Gasteiger partial charge in [0.2, 0.25) is 0 Å². The Kier molecular flexibility index (Phi) is 4.12. The summed E-state index contributed by atoms with van der Waals surface area (Å²) < 4.78 is 0. The van der Waals surface area contributed by atoms with Crippen LogP contribution in [0.4, 0.5) is 5.69 Å². The molecule has 0 heterocycles. The van der Waals surface area contributed by atoms with Gasteiger partial charge in [-0.15, -0.1) is 0 Å². The minimum absolute atomic E-state index is 0.489. The maximum Gasteiger partial charge on any atom is 0.0850 e. The summed E-state index contributed by atoms with van der Waals surface area (Å²) >= 11 is 11.6. The number of benzene rings is 2. The van der Waals surface area contributed by atoms with E-state index in [2.05, 4.69) is 0 Å². The first-order chi connectivity index (χ1) is 8.56. The van der Waals surface area contributed by atoms with Gasteiger partial charge in [0.25, 0.3) is 0 Å². The van der Waals surface area contributed by atoms with Crippen molar-refractivity contribution in [2.45, 2.75) is 12.5 Å². The van der Waals surface area contributed by atoms with Gasteiger partial charge in [0.1, 0.15) is 0 Å². The van der Waals surface area contributed by atoms with Crippen molar-refractivity contribution in [1.29, 1.82) is 0 Å². The lowest BCUT2D eigenvalue weighted by molar-refractivity contribution is 0.179. The van der Waals surface area contributed by atoms with Crippen LogP contribution in [0.5, 0.6) is 0 Å². The number of nitrogen functional groups attached to an aromatic ring is 1. The largest absolute Gasteiger partial charge is 0.398 e. The van der Waals surface area contributed by atoms with Crippen molar-refractivity contribution in [1.82, 2.24) is 0 Å². The fourth-order valence-electron chi connectivity index (χ4n) is 1.80. The number of halogens is 2. The number of rotatable bonds is 3. The van der Waals surface area contributed by atoms with Gasteiger partial charge in [0.05, 0.1) is 6.10 Å². The number of hydrogen-bond acceptors (Lipinski definition) is 2. The standard InChI is InChI=1S/C14H13Cl2NO/c15-10-3-1-9(2-4-10)7-14(18)12-6-5-11(16)8-13(12)17/h1-6,8,14,18H,7,17H2. The Morgan fingerprint density at radius 1 is 1.00 bits per heavy atom. The molecule has 0 fully saturated rings. The molecule has 0 radical (unpaired) electrons. The average molecular weight is 282 g/mol. The molecule has 0 aliphatic heterocycles. The maximum atomic E-state index is 10.2. The van der Waals surface area contributed by atoms with Crippen molar-refractivity contribution in [3.8, 4) is 0 Å². The molecule has 2 aromatic rings. The van der Waals surface area contributed by atoms with Crippen LogP contribution in [0.25, 0.3) is 0 Å². The molecular formula is C14H13Cl2NO. The summed E-state index contributed by atoms with van der Waals surface area (Å²) in [7, 11) is 0. The van der Waals surface area contributed by atoms with E-state index in [4.69, 9.17) is 28.9 Å². The van der Waals surface area contributed by atoms with Gasteiger partial charge in [0, 0.05) is 27.7 Å². The fourth-order valence-corrected chi connectivity index (χ4v) is 2.11. The molecule has 0 saturated heterocycles. The third kappa shape index (κ3) is 3.16. The lowest BCUT2D eigenvalue weighted by Crippen LogP contribution is -2.05. The summed E-state index contributed by atoms with van der Waals surface area (Å²) in [5.74, 6) is 0. The lowest BCUT2D eigenvalue weighted by Gasteiger charge is -2.13. The van der Waals surface area contributed by atoms with E-state index in [1.54, 1.807) is 30.3 Å². The number of hydrogen-bond donors (Lipinski definition) is 2. The second kappa shape index (κ2) is 5.61. The average Bonchev–Trinajstić information content (AvgIpc) is 2.32. The molecule has 94 valence electrons. The van der Waals surface area contributed by atoms with Crippen LogP contribution in [0.3, 0.4) is 0 Å². The summed E-state index contributed by atoms with van der Waals surface area (Å²) in [5.41, 5.74) is 8.03. The van der Waals surface area contributed by atoms with Gasteiger partial charge in [-0.05, 0) is 29.8 Å². The zero-order chi connectivity index (χ0) is 13.1. The monoisotopic (exact) mass is 281 g/mol. The van der Waals surface area contributed by atoms with Crippen LogP contribution < -0.4 is 5.73 Å². The number of anilines is 1. The maximum absolute atomic E-state index is 10.2. The minimum Gasteiger partial charge on any atom is -0.398 e. The van der Waals surface area contributed by atoms with Gasteiger partial charge in [-0.3, -0.25) is 0 Å². The Morgan fingerprint density at radius 2 is 1.61 bits per heavy atom. The van der Waals surface area contributed by atoms with Crippen LogP contribution in [0, 0.1) is 0 Å². The quantitative estimate of drug-likeness (QED) is 0.840. The molecule has 2 rings (SSSR count). The van der Waals surface area contributed by atoms with Crippen molar-refractivity contribution < 1.29 is 5.11 Å². The Bertz CT molecular complexity index is 540. The fraction of sp³-hybridized carbons (Fsp3) is 0.143. The van der Waals surface area contributed by atoms with E-state index >= 15 is 0 Å². The van der Waals surface area contributed by atoms with Gasteiger partial charge in [0.15, 0.2) is 0 Å². The molecule has 0 aliphatic rings. The summed E-state index contributed by atoms with van der Waals surface area (Å²) in [5, 5.41) is 11.4. The molecule has 2 nitrogen and oxygen atoms in total. The Morgan fingerprint density at radius 3 is 2.22 bits per heavy atom. The summed E-state index contributed by atoms with van der Waals surface area (Å²) in [6, 6.07) is 12.5. The zero-order valence-electron chi connectivity index (χ0n) is 9.61. The molecule has 0 spiro atoms. The molecule has 4 heteroatoms. The lowest BCUT2D eigenvalue weighted by atomic mass is 10.0. The highest BCUT2D eigenvalue weighted by molar-refractivity contribution is 6.31. The zero-order valence-corrected chi connectivity index (χ0v) is 11.1. The van der Waals surface area contributed by atoms with Crippen molar-refractivity contribution in [2.24, 2.45) is 0 Å². The number of aliphatic hydroxyl groups is 1. The second-order valence-electron chi connectivity index (χ2n) is 4.12. The molecule has 1 unspecified atom stereocenters. The van der Waals surface area contributed by atoms with E-state index in [1.165, 1.54) is 0 Å². The SMILES string of the molecule is Nc1cc(Cl)ccc1C(O)Cc1ccc(Cl)cc1. The molecular weight excluding hydrogens is 269 g/mol. The summed E-state index contributed by atoms with van der Waals surface area (Å²) in [6.45, 7) is 0. The molecule has 3 N–H and O–H groups in total. The summed E-state index contributed by atoms with van der Waals surface area (Å²) in [4.78, 5) is 0. The predicted octanol–water partition coefficient (Wildman–Crippen LogP) is 3.85. The van der Waals surface area contributed by atoms with Crippen LogP contribution in [0.15, 0.2) is 42.5 Å². The number of nitrogens with two attached hydrogens (primary N) is 1. The molecule has 18 heavy (non-hydrogen) atoms. The van der Waals surface area contributed by atoms with Crippen molar-refractivity contribution in [2.75, 3.05) is 5.73 Å². The first-order valence-corrected chi connectivity index (χ1v) is 6.29. The van der Waals surface area contributed by atoms with Crippen molar-refractivity contribution >= 4 is 28.9 Å². The van der Waals surface area contributed by atoms with Crippen molar-refractivity contribution in [3.05, 3.63) is 63.6 Å². The Labute approximate surface area is 116 Å².